The summed E-state index contributed by atoms with van der Waals surface area (Å²) in [6.07, 6.45) is 1.61. The van der Waals surface area contributed by atoms with Crippen molar-refractivity contribution in [3.63, 3.8) is 0 Å². The number of rotatable bonds is 5. The summed E-state index contributed by atoms with van der Waals surface area (Å²) in [5.74, 6) is 0.226. The number of anilines is 2. The van der Waals surface area contributed by atoms with Crippen LogP contribution < -0.4 is 5.01 Å². The van der Waals surface area contributed by atoms with Crippen molar-refractivity contribution in [1.29, 1.82) is 0 Å². The molecule has 0 aromatic heterocycles. The molecule has 1 atom stereocenters. The molecule has 1 aliphatic heterocycles. The van der Waals surface area contributed by atoms with Crippen LogP contribution in [0.4, 0.5) is 11.4 Å². The van der Waals surface area contributed by atoms with Gasteiger partial charge in [-0.2, -0.15) is 5.01 Å². The smallest absolute Gasteiger partial charge is 0.190 e. The predicted molar refractivity (Wildman–Crippen MR) is 152 cm³/mol. The molecule has 184 valence electrons. The maximum atomic E-state index is 15.2. The van der Waals surface area contributed by atoms with E-state index in [0.717, 1.165) is 40.9 Å². The summed E-state index contributed by atoms with van der Waals surface area (Å²) in [7, 11) is 0. The van der Waals surface area contributed by atoms with Crippen molar-refractivity contribution in [3.8, 4) is 0 Å². The fraction of sp³-hybridized carbons (Fsp3) is 0.114. The molecule has 2 aliphatic rings. The highest BCUT2D eigenvalue weighted by Gasteiger charge is 2.74. The van der Waals surface area contributed by atoms with Gasteiger partial charge in [-0.3, -0.25) is 9.80 Å². The zero-order valence-corrected chi connectivity index (χ0v) is 21.1. The standard InChI is InChI=1S/C35H28N2O/c38-33-34(26-25-27-15-13-14-24-32(27)34)37(36(30-20-9-3-10-21-30)31-22-11-4-12-23-31)35(33,28-16-5-1-6-17-28)29-18-7-2-8-19-29/h1-24H,25-26H2/t34-/m0/s1. The largest absolute Gasteiger partial charge is 0.294 e. The summed E-state index contributed by atoms with van der Waals surface area (Å²) in [5.41, 5.74) is 4.58. The molecule has 1 spiro atoms. The van der Waals surface area contributed by atoms with Gasteiger partial charge in [0.1, 0.15) is 5.54 Å². The topological polar surface area (TPSA) is 23.6 Å². The first-order valence-corrected chi connectivity index (χ1v) is 13.2. The Hall–Kier alpha value is -4.47. The molecule has 0 saturated carbocycles. The van der Waals surface area contributed by atoms with Gasteiger partial charge in [-0.1, -0.05) is 121 Å². The van der Waals surface area contributed by atoms with Crippen LogP contribution in [0, 0.1) is 0 Å². The lowest BCUT2D eigenvalue weighted by molar-refractivity contribution is -0.177. The molecule has 1 heterocycles. The van der Waals surface area contributed by atoms with E-state index in [1.54, 1.807) is 0 Å². The molecule has 5 aromatic carbocycles. The second kappa shape index (κ2) is 8.83. The Morgan fingerprint density at radius 1 is 0.553 bits per heavy atom. The molecule has 0 N–H and O–H groups in total. The average Bonchev–Trinajstić information content (AvgIpc) is 3.41. The van der Waals surface area contributed by atoms with Crippen LogP contribution >= 0.6 is 0 Å². The highest BCUT2D eigenvalue weighted by atomic mass is 16.2. The van der Waals surface area contributed by atoms with Gasteiger partial charge in [-0.05, 0) is 59.4 Å². The van der Waals surface area contributed by atoms with Crippen molar-refractivity contribution in [2.45, 2.75) is 23.9 Å². The Labute approximate surface area is 223 Å². The summed E-state index contributed by atoms with van der Waals surface area (Å²) in [6, 6.07) is 49.9. The van der Waals surface area contributed by atoms with Gasteiger partial charge >= 0.3 is 0 Å². The summed E-state index contributed by atoms with van der Waals surface area (Å²) >= 11 is 0. The number of ketones is 1. The summed E-state index contributed by atoms with van der Waals surface area (Å²) in [5, 5.41) is 4.67. The number of carbonyl (C=O) groups excluding carboxylic acids is 1. The Morgan fingerprint density at radius 3 is 1.53 bits per heavy atom. The number of Topliss-reactive ketones (excluding diaryl/α,β-unsaturated/α-hetero) is 1. The molecule has 1 saturated heterocycles. The van der Waals surface area contributed by atoms with Crippen LogP contribution in [0.2, 0.25) is 0 Å². The Morgan fingerprint density at radius 2 is 1.00 bits per heavy atom. The van der Waals surface area contributed by atoms with Crippen LogP contribution in [0.5, 0.6) is 0 Å². The molecule has 3 heteroatoms. The van der Waals surface area contributed by atoms with Crippen LogP contribution in [0.3, 0.4) is 0 Å². The number of para-hydroxylation sites is 2. The SMILES string of the molecule is O=C1C(c2ccccc2)(c2ccccc2)N(N(c2ccccc2)c2ccccc2)[C@]12CCc1ccccc12. The Bertz CT molecular complexity index is 1510. The third kappa shape index (κ3) is 3.03. The Balaban J connectivity index is 1.59. The molecule has 3 nitrogen and oxygen atoms in total. The average molecular weight is 493 g/mol. The first-order valence-electron chi connectivity index (χ1n) is 13.2. The van der Waals surface area contributed by atoms with Crippen molar-refractivity contribution < 1.29 is 4.79 Å². The molecule has 0 bridgehead atoms. The van der Waals surface area contributed by atoms with E-state index in [0.29, 0.717) is 0 Å². The summed E-state index contributed by atoms with van der Waals surface area (Å²) in [4.78, 5) is 15.2. The molecular formula is C35H28N2O. The van der Waals surface area contributed by atoms with Crippen LogP contribution in [0.1, 0.15) is 28.7 Å². The van der Waals surface area contributed by atoms with Gasteiger partial charge in [-0.25, -0.2) is 0 Å². The second-order valence-electron chi connectivity index (χ2n) is 10.1. The zero-order valence-electron chi connectivity index (χ0n) is 21.1. The summed E-state index contributed by atoms with van der Waals surface area (Å²) in [6.45, 7) is 0. The zero-order chi connectivity index (χ0) is 25.6. The van der Waals surface area contributed by atoms with E-state index in [1.807, 2.05) is 48.5 Å². The third-order valence-corrected chi connectivity index (χ3v) is 8.19. The van der Waals surface area contributed by atoms with E-state index in [4.69, 9.17) is 0 Å². The van der Waals surface area contributed by atoms with Gasteiger partial charge < -0.3 is 0 Å². The van der Waals surface area contributed by atoms with Crippen molar-refractivity contribution in [2.24, 2.45) is 0 Å². The quantitative estimate of drug-likeness (QED) is 0.255. The number of hydrogen-bond donors (Lipinski definition) is 0. The fourth-order valence-electron chi connectivity index (χ4n) is 6.64. The van der Waals surface area contributed by atoms with Gasteiger partial charge in [-0.15, -0.1) is 0 Å². The highest BCUT2D eigenvalue weighted by molar-refractivity contribution is 6.08. The molecule has 0 radical (unpaired) electrons. The van der Waals surface area contributed by atoms with Gasteiger partial charge in [0, 0.05) is 0 Å². The molecule has 0 unspecified atom stereocenters. The van der Waals surface area contributed by atoms with E-state index in [9.17, 15) is 0 Å². The molecule has 38 heavy (non-hydrogen) atoms. The minimum Gasteiger partial charge on any atom is -0.294 e. The number of benzene rings is 5. The minimum absolute atomic E-state index is 0.226. The van der Waals surface area contributed by atoms with Crippen LogP contribution in [0.25, 0.3) is 0 Å². The van der Waals surface area contributed by atoms with Crippen molar-refractivity contribution in [1.82, 2.24) is 5.01 Å². The third-order valence-electron chi connectivity index (χ3n) is 8.19. The van der Waals surface area contributed by atoms with E-state index in [-0.39, 0.29) is 5.78 Å². The molecule has 1 aliphatic carbocycles. The van der Waals surface area contributed by atoms with E-state index < -0.39 is 11.1 Å². The number of aryl methyl sites for hydroxylation is 1. The van der Waals surface area contributed by atoms with Crippen LogP contribution in [-0.2, 0) is 22.3 Å². The number of hydrazine groups is 1. The van der Waals surface area contributed by atoms with E-state index in [1.165, 1.54) is 5.56 Å². The number of carbonyl (C=O) groups is 1. The minimum atomic E-state index is -0.994. The van der Waals surface area contributed by atoms with Gasteiger partial charge in [0.05, 0.1) is 11.4 Å². The molecule has 5 aromatic rings. The maximum absolute atomic E-state index is 15.2. The first-order chi connectivity index (χ1) is 18.8. The number of nitrogens with zero attached hydrogens (tertiary/aromatic N) is 2. The lowest BCUT2D eigenvalue weighted by Crippen LogP contribution is -2.81. The van der Waals surface area contributed by atoms with Crippen LogP contribution in [0.15, 0.2) is 146 Å². The molecule has 7 rings (SSSR count). The number of hydrogen-bond acceptors (Lipinski definition) is 3. The fourth-order valence-corrected chi connectivity index (χ4v) is 6.64. The molecule has 1 fully saturated rings. The maximum Gasteiger partial charge on any atom is 0.190 e. The lowest BCUT2D eigenvalue weighted by Gasteiger charge is -2.66. The van der Waals surface area contributed by atoms with Crippen molar-refractivity contribution >= 4 is 17.2 Å². The van der Waals surface area contributed by atoms with Gasteiger partial charge in [0.2, 0.25) is 0 Å². The lowest BCUT2D eigenvalue weighted by atomic mass is 9.60. The van der Waals surface area contributed by atoms with E-state index in [2.05, 4.69) is 107 Å². The van der Waals surface area contributed by atoms with Crippen molar-refractivity contribution in [3.05, 3.63) is 168 Å². The normalized spacial score (nSPS) is 19.6. The first kappa shape index (κ1) is 22.7. The molecule has 0 amide bonds. The highest BCUT2D eigenvalue weighted by Crippen LogP contribution is 2.63. The molecular weight excluding hydrogens is 464 g/mol. The monoisotopic (exact) mass is 492 g/mol. The van der Waals surface area contributed by atoms with Crippen molar-refractivity contribution in [2.75, 3.05) is 5.01 Å². The summed E-state index contributed by atoms with van der Waals surface area (Å²) < 4.78 is 0. The van der Waals surface area contributed by atoms with Gasteiger partial charge in [0.25, 0.3) is 0 Å². The number of fused-ring (bicyclic) bond motifs is 2. The van der Waals surface area contributed by atoms with Crippen LogP contribution in [-0.4, -0.2) is 10.8 Å². The Kier molecular flexibility index (Phi) is 5.27. The predicted octanol–water partition coefficient (Wildman–Crippen LogP) is 7.41. The van der Waals surface area contributed by atoms with E-state index >= 15 is 4.79 Å². The second-order valence-corrected chi connectivity index (χ2v) is 10.1. The van der Waals surface area contributed by atoms with Gasteiger partial charge in [0.15, 0.2) is 11.3 Å².